The maximum absolute atomic E-state index is 10.0. The van der Waals surface area contributed by atoms with E-state index in [-0.39, 0.29) is 13.2 Å². The first-order valence-electron chi connectivity index (χ1n) is 5.64. The van der Waals surface area contributed by atoms with Crippen molar-refractivity contribution in [2.24, 2.45) is 0 Å². The Morgan fingerprint density at radius 1 is 0.895 bits per heavy atom. The third-order valence-corrected chi connectivity index (χ3v) is 3.13. The highest BCUT2D eigenvalue weighted by Gasteiger charge is 2.50. The zero-order chi connectivity index (χ0) is 14.7. The number of hydrogen-bond donors (Lipinski definition) is 2. The first-order valence-corrected chi connectivity index (χ1v) is 7.21. The fourth-order valence-electron chi connectivity index (χ4n) is 1.16. The van der Waals surface area contributed by atoms with Gasteiger partial charge in [-0.1, -0.05) is 24.3 Å². The van der Waals surface area contributed by atoms with Crippen LogP contribution in [0.3, 0.4) is 0 Å². The van der Waals surface area contributed by atoms with E-state index in [2.05, 4.69) is 26.3 Å². The van der Waals surface area contributed by atoms with Gasteiger partial charge in [0, 0.05) is 13.1 Å². The Kier molecular flexibility index (Phi) is 9.55. The van der Waals surface area contributed by atoms with Crippen LogP contribution in [0.2, 0.25) is 0 Å². The normalized spacial score (nSPS) is 11.6. The Balaban J connectivity index is 4.99. The number of rotatable bonds is 12. The van der Waals surface area contributed by atoms with Gasteiger partial charge in [0.1, 0.15) is 11.5 Å². The molecule has 6 nitrogen and oxygen atoms in total. The third-order valence-electron chi connectivity index (χ3n) is 1.82. The highest BCUT2D eigenvalue weighted by Crippen LogP contribution is 2.55. The van der Waals surface area contributed by atoms with Gasteiger partial charge in [0.05, 0.1) is 6.61 Å². The van der Waals surface area contributed by atoms with Crippen LogP contribution >= 0.6 is 8.09 Å². The fourth-order valence-corrected chi connectivity index (χ4v) is 2.25. The van der Waals surface area contributed by atoms with Gasteiger partial charge in [-0.05, 0) is 0 Å². The molecule has 7 heteroatoms. The van der Waals surface area contributed by atoms with E-state index in [1.165, 1.54) is 17.2 Å². The predicted molar refractivity (Wildman–Crippen MR) is 77.5 cm³/mol. The molecule has 0 atom stereocenters. The van der Waals surface area contributed by atoms with Crippen LogP contribution in [-0.2, 0) is 9.36 Å². The van der Waals surface area contributed by atoms with Crippen LogP contribution in [0.5, 0.6) is 0 Å². The molecule has 0 bridgehead atoms. The van der Waals surface area contributed by atoms with E-state index in [1.54, 1.807) is 12.2 Å². The van der Waals surface area contributed by atoms with Crippen molar-refractivity contribution in [1.82, 2.24) is 9.95 Å². The lowest BCUT2D eigenvalue weighted by Crippen LogP contribution is -2.43. The Bertz CT molecular complexity index is 300. The molecule has 0 radical (unpaired) electrons. The van der Waals surface area contributed by atoms with Gasteiger partial charge in [-0.3, -0.25) is 0 Å². The molecular weight excluding hydrogens is 267 g/mol. The Morgan fingerprint density at radius 3 is 1.84 bits per heavy atom. The second-order valence-corrected chi connectivity index (χ2v) is 5.01. The van der Waals surface area contributed by atoms with Crippen molar-refractivity contribution >= 4 is 8.09 Å². The maximum Gasteiger partial charge on any atom is 0.541 e. The molecule has 0 aliphatic heterocycles. The van der Waals surface area contributed by atoms with Crippen LogP contribution in [-0.4, -0.2) is 46.0 Å². The monoisotopic (exact) mass is 289 g/mol. The predicted octanol–water partition coefficient (Wildman–Crippen LogP) is 1.86. The van der Waals surface area contributed by atoms with Crippen LogP contribution in [0.25, 0.3) is 0 Å². The van der Waals surface area contributed by atoms with E-state index in [4.69, 9.17) is 9.36 Å². The Morgan fingerprint density at radius 2 is 1.42 bits per heavy atom. The summed E-state index contributed by atoms with van der Waals surface area (Å²) >= 11 is 0. The van der Waals surface area contributed by atoms with Crippen molar-refractivity contribution in [2.45, 2.75) is 0 Å². The van der Waals surface area contributed by atoms with Crippen molar-refractivity contribution in [3.63, 3.8) is 0 Å². The molecule has 0 aromatic rings. The van der Waals surface area contributed by atoms with E-state index in [1.807, 2.05) is 0 Å². The maximum atomic E-state index is 10.0. The minimum atomic E-state index is -3.89. The van der Waals surface area contributed by atoms with E-state index < -0.39 is 8.09 Å². The molecule has 0 aromatic heterocycles. The summed E-state index contributed by atoms with van der Waals surface area (Å²) in [4.78, 5) is 26.2. The van der Waals surface area contributed by atoms with Gasteiger partial charge in [-0.15, -0.1) is 26.3 Å². The molecule has 0 aliphatic rings. The number of hydrogen-bond acceptors (Lipinski definition) is 6. The smallest absolute Gasteiger partial charge is 0.242 e. The van der Waals surface area contributed by atoms with Gasteiger partial charge in [-0.2, -0.15) is 19.3 Å². The summed E-state index contributed by atoms with van der Waals surface area (Å²) in [6, 6.07) is 0. The van der Waals surface area contributed by atoms with Crippen molar-refractivity contribution in [3.8, 4) is 0 Å². The zero-order valence-corrected chi connectivity index (χ0v) is 11.9. The molecule has 2 N–H and O–H groups in total. The second-order valence-electron chi connectivity index (χ2n) is 3.38. The zero-order valence-electron chi connectivity index (χ0n) is 11.0. The van der Waals surface area contributed by atoms with Gasteiger partial charge in [-0.25, -0.2) is 4.84 Å². The Hall–Kier alpha value is -0.850. The quantitative estimate of drug-likeness (QED) is 0.325. The van der Waals surface area contributed by atoms with Gasteiger partial charge in [0.15, 0.2) is 0 Å². The van der Waals surface area contributed by atoms with E-state index >= 15 is 0 Å². The Labute approximate surface area is 115 Å². The van der Waals surface area contributed by atoms with Crippen LogP contribution in [0, 0.1) is 0 Å². The summed E-state index contributed by atoms with van der Waals surface area (Å²) in [6.45, 7) is 14.9. The average molecular weight is 289 g/mol. The molecule has 0 aliphatic carbocycles. The average Bonchev–Trinajstić information content (AvgIpc) is 2.37. The molecular formula is C12H22N2O4P+. The van der Waals surface area contributed by atoms with Crippen LogP contribution in [0.1, 0.15) is 0 Å². The van der Waals surface area contributed by atoms with Gasteiger partial charge in [0.25, 0.3) is 0 Å². The van der Waals surface area contributed by atoms with Crippen molar-refractivity contribution in [1.29, 1.82) is 0 Å². The molecule has 0 aromatic carbocycles. The van der Waals surface area contributed by atoms with Gasteiger partial charge < -0.3 is 0 Å². The van der Waals surface area contributed by atoms with E-state index in [9.17, 15) is 9.79 Å². The molecule has 0 saturated carbocycles. The summed E-state index contributed by atoms with van der Waals surface area (Å²) < 4.78 is 4.97. The first kappa shape index (κ1) is 18.1. The van der Waals surface area contributed by atoms with Crippen molar-refractivity contribution < 1.29 is 19.1 Å². The molecule has 0 fully saturated rings. The largest absolute Gasteiger partial charge is 0.541 e. The molecule has 0 saturated heterocycles. The minimum Gasteiger partial charge on any atom is -0.242 e. The lowest BCUT2D eigenvalue weighted by molar-refractivity contribution is -0.223. The first-order chi connectivity index (χ1) is 9.03. The van der Waals surface area contributed by atoms with E-state index in [0.717, 1.165) is 4.94 Å². The minimum absolute atomic E-state index is 0.00918. The molecule has 108 valence electrons. The van der Waals surface area contributed by atoms with Crippen molar-refractivity contribution in [2.75, 3.05) is 26.3 Å². The highest BCUT2D eigenvalue weighted by molar-refractivity contribution is 7.56. The SMILES string of the molecule is C=CCON(N(CC=C)CC=C)[P+](O)(O)OCC=C. The molecule has 0 unspecified atom stereocenters. The van der Waals surface area contributed by atoms with Gasteiger partial charge in [0.2, 0.25) is 0 Å². The standard InChI is InChI=1S/C12H22N2O4P/c1-5-9-13(10-6-2)14(17-11-7-3)19(15,16)18-12-8-4/h5-8,15-16H,1-4,9-12H2/q+1. The summed E-state index contributed by atoms with van der Waals surface area (Å²) in [5.74, 6) is 0. The topological polar surface area (TPSA) is 65.4 Å². The van der Waals surface area contributed by atoms with E-state index in [0.29, 0.717) is 13.1 Å². The summed E-state index contributed by atoms with van der Waals surface area (Å²) in [5.41, 5.74) is 0. The van der Waals surface area contributed by atoms with Crippen LogP contribution in [0.4, 0.5) is 0 Å². The van der Waals surface area contributed by atoms with Crippen molar-refractivity contribution in [3.05, 3.63) is 50.6 Å². The lowest BCUT2D eigenvalue weighted by atomic mass is 10.5. The molecule has 0 spiro atoms. The lowest BCUT2D eigenvalue weighted by Gasteiger charge is -2.30. The molecule has 0 rings (SSSR count). The molecule has 0 amide bonds. The highest BCUT2D eigenvalue weighted by atomic mass is 31.2. The molecule has 0 heterocycles. The summed E-state index contributed by atoms with van der Waals surface area (Å²) in [5, 5.41) is 1.50. The van der Waals surface area contributed by atoms with Crippen LogP contribution < -0.4 is 0 Å². The third kappa shape index (κ3) is 6.75. The summed E-state index contributed by atoms with van der Waals surface area (Å²) in [6.07, 6.45) is 6.10. The molecule has 19 heavy (non-hydrogen) atoms. The van der Waals surface area contributed by atoms with Gasteiger partial charge >= 0.3 is 8.09 Å². The number of nitrogens with zero attached hydrogens (tertiary/aromatic N) is 2. The summed E-state index contributed by atoms with van der Waals surface area (Å²) in [7, 11) is -3.89. The number of hydrazine groups is 1. The second kappa shape index (κ2) is 10.00. The fraction of sp³-hybridized carbons (Fsp3) is 0.333. The van der Waals surface area contributed by atoms with Crippen LogP contribution in [0.15, 0.2) is 50.6 Å².